The molecular weight excluding hydrogens is 316 g/mol. The summed E-state index contributed by atoms with van der Waals surface area (Å²) in [6.07, 6.45) is 3.91. The van der Waals surface area contributed by atoms with Gasteiger partial charge in [0.2, 0.25) is 0 Å². The summed E-state index contributed by atoms with van der Waals surface area (Å²) in [4.78, 5) is 5.27. The average molecular weight is 351 g/mol. The van der Waals surface area contributed by atoms with E-state index < -0.39 is 0 Å². The van der Waals surface area contributed by atoms with Gasteiger partial charge in [0.1, 0.15) is 0 Å². The van der Waals surface area contributed by atoms with Crippen molar-refractivity contribution in [2.75, 3.05) is 26.7 Å². The van der Waals surface area contributed by atoms with Crippen molar-refractivity contribution in [2.24, 2.45) is 0 Å². The maximum Gasteiger partial charge on any atom is 0.0602 e. The van der Waals surface area contributed by atoms with Gasteiger partial charge in [-0.2, -0.15) is 0 Å². The lowest BCUT2D eigenvalue weighted by molar-refractivity contribution is 0.0699. The summed E-state index contributed by atoms with van der Waals surface area (Å²) in [5.74, 6) is 0. The molecule has 0 saturated carbocycles. The third-order valence-corrected chi connectivity index (χ3v) is 5.85. The van der Waals surface area contributed by atoms with Gasteiger partial charge in [-0.15, -0.1) is 0 Å². The molecule has 3 rings (SSSR count). The van der Waals surface area contributed by atoms with Crippen molar-refractivity contribution in [1.82, 2.24) is 9.80 Å². The molecule has 0 bridgehead atoms. The van der Waals surface area contributed by atoms with Crippen LogP contribution in [0.25, 0.3) is 0 Å². The number of likely N-dealkylation sites (N-methyl/N-ethyl adjacent to an activating group) is 1. The zero-order valence-corrected chi connectivity index (χ0v) is 16.9. The Balaban J connectivity index is 1.89. The Hall–Kier alpha value is -1.64. The van der Waals surface area contributed by atoms with Gasteiger partial charge >= 0.3 is 0 Å². The van der Waals surface area contributed by atoms with Crippen LogP contribution in [0.4, 0.5) is 0 Å². The first kappa shape index (κ1) is 19.1. The Morgan fingerprint density at radius 3 is 1.92 bits per heavy atom. The highest BCUT2D eigenvalue weighted by Gasteiger charge is 2.30. The molecule has 140 valence electrons. The fraction of sp³-hybridized carbons (Fsp3) is 0.500. The van der Waals surface area contributed by atoms with Crippen LogP contribution in [0, 0.1) is 13.8 Å². The van der Waals surface area contributed by atoms with Crippen LogP contribution >= 0.6 is 0 Å². The van der Waals surface area contributed by atoms with Crippen molar-refractivity contribution >= 4 is 0 Å². The van der Waals surface area contributed by atoms with Crippen LogP contribution < -0.4 is 0 Å². The molecule has 2 aromatic carbocycles. The molecule has 1 atom stereocenters. The highest BCUT2D eigenvalue weighted by molar-refractivity contribution is 5.35. The van der Waals surface area contributed by atoms with Gasteiger partial charge in [-0.25, -0.2) is 0 Å². The van der Waals surface area contributed by atoms with Crippen molar-refractivity contribution in [1.29, 1.82) is 0 Å². The summed E-state index contributed by atoms with van der Waals surface area (Å²) in [7, 11) is 2.30. The molecule has 0 radical (unpaired) electrons. The van der Waals surface area contributed by atoms with E-state index >= 15 is 0 Å². The predicted octanol–water partition coefficient (Wildman–Crippen LogP) is 5.20. The van der Waals surface area contributed by atoms with Crippen molar-refractivity contribution in [3.63, 3.8) is 0 Å². The van der Waals surface area contributed by atoms with E-state index in [0.29, 0.717) is 12.1 Å². The van der Waals surface area contributed by atoms with Gasteiger partial charge < -0.3 is 4.90 Å². The van der Waals surface area contributed by atoms with E-state index in [4.69, 9.17) is 0 Å². The molecule has 0 aliphatic carbocycles. The standard InChI is InChI=1S/C24H34N2/c1-5-6-7-23-18-26(17-16-25(23)4)24(21-12-8-19(2)9-13-21)22-14-10-20(3)11-15-22/h8-15,23-24H,5-7,16-18H2,1-4H3. The summed E-state index contributed by atoms with van der Waals surface area (Å²) in [6.45, 7) is 10.1. The topological polar surface area (TPSA) is 6.48 Å². The second-order valence-corrected chi connectivity index (χ2v) is 8.00. The van der Waals surface area contributed by atoms with E-state index in [2.05, 4.69) is 86.1 Å². The van der Waals surface area contributed by atoms with Crippen LogP contribution in [0.15, 0.2) is 48.5 Å². The van der Waals surface area contributed by atoms with Gasteiger partial charge in [0.25, 0.3) is 0 Å². The van der Waals surface area contributed by atoms with Crippen LogP contribution in [0.1, 0.15) is 54.5 Å². The fourth-order valence-corrected chi connectivity index (χ4v) is 4.07. The van der Waals surface area contributed by atoms with E-state index in [9.17, 15) is 0 Å². The summed E-state index contributed by atoms with van der Waals surface area (Å²) in [6, 6.07) is 19.3. The highest BCUT2D eigenvalue weighted by atomic mass is 15.3. The first-order valence-electron chi connectivity index (χ1n) is 10.2. The quantitative estimate of drug-likeness (QED) is 0.706. The average Bonchev–Trinajstić information content (AvgIpc) is 2.65. The molecule has 1 aliphatic heterocycles. The molecule has 0 amide bonds. The van der Waals surface area contributed by atoms with Crippen LogP contribution in [-0.2, 0) is 0 Å². The lowest BCUT2D eigenvalue weighted by atomic mass is 9.93. The van der Waals surface area contributed by atoms with Gasteiger partial charge in [0.05, 0.1) is 6.04 Å². The maximum absolute atomic E-state index is 2.70. The molecule has 1 saturated heterocycles. The fourth-order valence-electron chi connectivity index (χ4n) is 4.07. The molecule has 0 spiro atoms. The Morgan fingerprint density at radius 1 is 0.885 bits per heavy atom. The summed E-state index contributed by atoms with van der Waals surface area (Å²) >= 11 is 0. The van der Waals surface area contributed by atoms with E-state index in [1.807, 2.05) is 0 Å². The molecule has 1 fully saturated rings. The molecule has 2 nitrogen and oxygen atoms in total. The largest absolute Gasteiger partial charge is 0.301 e. The van der Waals surface area contributed by atoms with E-state index in [1.165, 1.54) is 41.5 Å². The Labute approximate surface area is 159 Å². The Kier molecular flexibility index (Phi) is 6.50. The molecule has 0 aromatic heterocycles. The van der Waals surface area contributed by atoms with E-state index in [1.54, 1.807) is 0 Å². The molecule has 1 unspecified atom stereocenters. The van der Waals surface area contributed by atoms with Crippen molar-refractivity contribution in [3.05, 3.63) is 70.8 Å². The van der Waals surface area contributed by atoms with Crippen LogP contribution in [0.3, 0.4) is 0 Å². The number of aryl methyl sites for hydroxylation is 2. The molecule has 2 heteroatoms. The van der Waals surface area contributed by atoms with Crippen molar-refractivity contribution < 1.29 is 0 Å². The van der Waals surface area contributed by atoms with Gasteiger partial charge in [0, 0.05) is 25.7 Å². The second-order valence-electron chi connectivity index (χ2n) is 8.00. The Bertz CT molecular complexity index is 629. The SMILES string of the molecule is CCCCC1CN(C(c2ccc(C)cc2)c2ccc(C)cc2)CCN1C. The van der Waals surface area contributed by atoms with E-state index in [-0.39, 0.29) is 0 Å². The highest BCUT2D eigenvalue weighted by Crippen LogP contribution is 2.31. The number of benzene rings is 2. The lowest BCUT2D eigenvalue weighted by Crippen LogP contribution is -2.52. The first-order chi connectivity index (χ1) is 12.6. The molecule has 26 heavy (non-hydrogen) atoms. The third-order valence-electron chi connectivity index (χ3n) is 5.85. The maximum atomic E-state index is 2.70. The number of unbranched alkanes of at least 4 members (excludes halogenated alkanes) is 1. The van der Waals surface area contributed by atoms with Gasteiger partial charge in [-0.3, -0.25) is 4.90 Å². The summed E-state index contributed by atoms with van der Waals surface area (Å²) < 4.78 is 0. The monoisotopic (exact) mass is 350 g/mol. The minimum atomic E-state index is 0.356. The van der Waals surface area contributed by atoms with Gasteiger partial charge in [-0.05, 0) is 38.4 Å². The number of piperazine rings is 1. The normalized spacial score (nSPS) is 19.2. The minimum absolute atomic E-state index is 0.356. The first-order valence-corrected chi connectivity index (χ1v) is 10.2. The number of rotatable bonds is 6. The smallest absolute Gasteiger partial charge is 0.0602 e. The number of hydrogen-bond acceptors (Lipinski definition) is 2. The predicted molar refractivity (Wildman–Crippen MR) is 112 cm³/mol. The molecule has 0 N–H and O–H groups in total. The van der Waals surface area contributed by atoms with E-state index in [0.717, 1.165) is 19.6 Å². The van der Waals surface area contributed by atoms with Crippen molar-refractivity contribution in [3.8, 4) is 0 Å². The molecule has 1 aliphatic rings. The molecule has 2 aromatic rings. The minimum Gasteiger partial charge on any atom is -0.301 e. The molecule has 1 heterocycles. The summed E-state index contributed by atoms with van der Waals surface area (Å²) in [5, 5.41) is 0. The zero-order chi connectivity index (χ0) is 18.5. The second kappa shape index (κ2) is 8.83. The number of hydrogen-bond donors (Lipinski definition) is 0. The van der Waals surface area contributed by atoms with Crippen LogP contribution in [0.2, 0.25) is 0 Å². The zero-order valence-electron chi connectivity index (χ0n) is 16.9. The van der Waals surface area contributed by atoms with Gasteiger partial charge in [-0.1, -0.05) is 79.4 Å². The summed E-state index contributed by atoms with van der Waals surface area (Å²) in [5.41, 5.74) is 5.49. The van der Waals surface area contributed by atoms with Gasteiger partial charge in [0.15, 0.2) is 0 Å². The lowest BCUT2D eigenvalue weighted by Gasteiger charge is -2.43. The van der Waals surface area contributed by atoms with Crippen molar-refractivity contribution in [2.45, 2.75) is 52.1 Å². The van der Waals surface area contributed by atoms with Crippen LogP contribution in [-0.4, -0.2) is 42.5 Å². The molecular formula is C24H34N2. The van der Waals surface area contributed by atoms with Crippen LogP contribution in [0.5, 0.6) is 0 Å². The third kappa shape index (κ3) is 4.55. The number of nitrogens with zero attached hydrogens (tertiary/aromatic N) is 2. The Morgan fingerprint density at radius 2 is 1.42 bits per heavy atom.